The van der Waals surface area contributed by atoms with E-state index in [0.29, 0.717) is 11.1 Å². The lowest BCUT2D eigenvalue weighted by Gasteiger charge is -2.19. The molecule has 0 bridgehead atoms. The zero-order valence-corrected chi connectivity index (χ0v) is 13.0. The molecule has 2 nitrogen and oxygen atoms in total. The Hall–Kier alpha value is -2.56. The van der Waals surface area contributed by atoms with E-state index < -0.39 is 17.7 Å². The Bertz CT molecular complexity index is 802. The number of aryl methyl sites for hydroxylation is 1. The quantitative estimate of drug-likeness (QED) is 0.734. The van der Waals surface area contributed by atoms with Gasteiger partial charge in [0, 0.05) is 0 Å². The van der Waals surface area contributed by atoms with Gasteiger partial charge >= 0.3 is 12.1 Å². The molecule has 0 radical (unpaired) electrons. The lowest BCUT2D eigenvalue weighted by molar-refractivity contribution is -0.137. The van der Waals surface area contributed by atoms with Crippen molar-refractivity contribution in [3.63, 3.8) is 0 Å². The third-order valence-corrected chi connectivity index (χ3v) is 4.11. The predicted octanol–water partition coefficient (Wildman–Crippen LogP) is 4.87. The van der Waals surface area contributed by atoms with Crippen molar-refractivity contribution >= 4 is 11.5 Å². The summed E-state index contributed by atoms with van der Waals surface area (Å²) in [7, 11) is 1.31. The molecule has 24 heavy (non-hydrogen) atoms. The summed E-state index contributed by atoms with van der Waals surface area (Å²) in [6.45, 7) is 0. The maximum atomic E-state index is 12.7. The second kappa shape index (κ2) is 6.15. The molecule has 0 spiro atoms. The lowest BCUT2D eigenvalue weighted by atomic mass is 9.85. The molecule has 5 heteroatoms. The van der Waals surface area contributed by atoms with Gasteiger partial charge in [-0.3, -0.25) is 0 Å². The molecule has 0 fully saturated rings. The number of hydrogen-bond acceptors (Lipinski definition) is 2. The maximum absolute atomic E-state index is 12.7. The molecule has 0 saturated carbocycles. The second-order valence-electron chi connectivity index (χ2n) is 5.60. The number of esters is 1. The van der Waals surface area contributed by atoms with E-state index in [2.05, 4.69) is 0 Å². The van der Waals surface area contributed by atoms with Crippen LogP contribution in [0.3, 0.4) is 0 Å². The molecule has 0 amide bonds. The van der Waals surface area contributed by atoms with Crippen molar-refractivity contribution < 1.29 is 22.7 Å². The molecule has 1 aliphatic carbocycles. The highest BCUT2D eigenvalue weighted by Crippen LogP contribution is 2.35. The summed E-state index contributed by atoms with van der Waals surface area (Å²) in [5, 5.41) is 0. The van der Waals surface area contributed by atoms with Crippen LogP contribution in [0.15, 0.2) is 48.5 Å². The van der Waals surface area contributed by atoms with E-state index >= 15 is 0 Å². The first kappa shape index (κ1) is 16.3. The van der Waals surface area contributed by atoms with Crippen LogP contribution in [0.1, 0.15) is 39.0 Å². The molecule has 0 N–H and O–H groups in total. The highest BCUT2D eigenvalue weighted by atomic mass is 19.4. The number of halogens is 3. The van der Waals surface area contributed by atoms with Crippen LogP contribution in [0.5, 0.6) is 0 Å². The zero-order valence-electron chi connectivity index (χ0n) is 13.0. The molecular weight excluding hydrogens is 317 g/mol. The minimum absolute atomic E-state index is 0.427. The van der Waals surface area contributed by atoms with E-state index in [1.54, 1.807) is 12.1 Å². The average molecular weight is 332 g/mol. The summed E-state index contributed by atoms with van der Waals surface area (Å²) in [4.78, 5) is 11.7. The lowest BCUT2D eigenvalue weighted by Crippen LogP contribution is -2.07. The maximum Gasteiger partial charge on any atom is 0.416 e. The van der Waals surface area contributed by atoms with Gasteiger partial charge in [0.15, 0.2) is 0 Å². The van der Waals surface area contributed by atoms with Crippen LogP contribution in [0, 0.1) is 0 Å². The SMILES string of the molecule is COC(=O)c1ccc2c(c1)C(c1ccc(C(F)(F)F)cc1)=CCC2. The van der Waals surface area contributed by atoms with Crippen molar-refractivity contribution in [3.8, 4) is 0 Å². The number of rotatable bonds is 2. The first-order chi connectivity index (χ1) is 11.4. The Kier molecular flexibility index (Phi) is 4.18. The van der Waals surface area contributed by atoms with Gasteiger partial charge in [-0.15, -0.1) is 0 Å². The van der Waals surface area contributed by atoms with Crippen molar-refractivity contribution in [1.29, 1.82) is 0 Å². The molecule has 0 atom stereocenters. The van der Waals surface area contributed by atoms with Crippen LogP contribution in [-0.2, 0) is 17.3 Å². The Labute approximate surface area is 137 Å². The minimum atomic E-state index is -4.35. The van der Waals surface area contributed by atoms with Crippen molar-refractivity contribution in [2.75, 3.05) is 7.11 Å². The topological polar surface area (TPSA) is 26.3 Å². The van der Waals surface area contributed by atoms with Gasteiger partial charge in [0.2, 0.25) is 0 Å². The number of ether oxygens (including phenoxy) is 1. The predicted molar refractivity (Wildman–Crippen MR) is 84.6 cm³/mol. The van der Waals surface area contributed by atoms with Gasteiger partial charge in [-0.2, -0.15) is 13.2 Å². The van der Waals surface area contributed by atoms with Crippen molar-refractivity contribution in [3.05, 3.63) is 76.4 Å². The number of carbonyl (C=O) groups excluding carboxylic acids is 1. The number of hydrogen-bond donors (Lipinski definition) is 0. The summed E-state index contributed by atoms with van der Waals surface area (Å²) < 4.78 is 42.9. The Morgan fingerprint density at radius 3 is 2.42 bits per heavy atom. The number of carbonyl (C=O) groups is 1. The summed E-state index contributed by atoms with van der Waals surface area (Å²) in [6.07, 6.45) is -0.719. The molecule has 0 saturated heterocycles. The van der Waals surface area contributed by atoms with Gasteiger partial charge < -0.3 is 4.74 Å². The van der Waals surface area contributed by atoms with E-state index in [-0.39, 0.29) is 0 Å². The van der Waals surface area contributed by atoms with E-state index in [1.165, 1.54) is 19.2 Å². The second-order valence-corrected chi connectivity index (χ2v) is 5.60. The molecular formula is C19H15F3O2. The third kappa shape index (κ3) is 3.07. The molecule has 0 unspecified atom stereocenters. The summed E-state index contributed by atoms with van der Waals surface area (Å²) >= 11 is 0. The van der Waals surface area contributed by atoms with Gasteiger partial charge in [-0.1, -0.05) is 24.3 Å². The van der Waals surface area contributed by atoms with Crippen LogP contribution >= 0.6 is 0 Å². The minimum Gasteiger partial charge on any atom is -0.465 e. The molecule has 0 aromatic heterocycles. The summed E-state index contributed by atoms with van der Waals surface area (Å²) in [5.74, 6) is -0.435. The van der Waals surface area contributed by atoms with Gasteiger partial charge in [-0.25, -0.2) is 4.79 Å². The van der Waals surface area contributed by atoms with Crippen molar-refractivity contribution in [1.82, 2.24) is 0 Å². The first-order valence-corrected chi connectivity index (χ1v) is 7.49. The Morgan fingerprint density at radius 1 is 1.08 bits per heavy atom. The van der Waals surface area contributed by atoms with Crippen LogP contribution in [0.2, 0.25) is 0 Å². The fourth-order valence-corrected chi connectivity index (χ4v) is 2.88. The van der Waals surface area contributed by atoms with Crippen LogP contribution in [0.4, 0.5) is 13.2 Å². The average Bonchev–Trinajstić information content (AvgIpc) is 2.59. The highest BCUT2D eigenvalue weighted by Gasteiger charge is 2.30. The van der Waals surface area contributed by atoms with E-state index in [4.69, 9.17) is 4.74 Å². The first-order valence-electron chi connectivity index (χ1n) is 7.49. The molecule has 3 rings (SSSR count). The summed E-state index contributed by atoms with van der Waals surface area (Å²) in [6, 6.07) is 10.4. The molecule has 2 aromatic rings. The van der Waals surface area contributed by atoms with Gasteiger partial charge in [0.25, 0.3) is 0 Å². The van der Waals surface area contributed by atoms with E-state index in [0.717, 1.165) is 41.7 Å². The smallest absolute Gasteiger partial charge is 0.416 e. The standard InChI is InChI=1S/C19H15F3O2/c1-24-18(23)14-6-5-12-3-2-4-16(17(12)11-14)13-7-9-15(10-8-13)19(20,21)22/h4-11H,2-3H2,1H3. The molecule has 1 aliphatic rings. The Balaban J connectivity index is 2.01. The van der Waals surface area contributed by atoms with E-state index in [9.17, 15) is 18.0 Å². The van der Waals surface area contributed by atoms with Crippen LogP contribution < -0.4 is 0 Å². The zero-order chi connectivity index (χ0) is 17.3. The number of benzene rings is 2. The van der Waals surface area contributed by atoms with Crippen LogP contribution in [-0.4, -0.2) is 13.1 Å². The number of methoxy groups -OCH3 is 1. The molecule has 0 heterocycles. The Morgan fingerprint density at radius 2 is 1.79 bits per heavy atom. The van der Waals surface area contributed by atoms with Crippen molar-refractivity contribution in [2.45, 2.75) is 19.0 Å². The third-order valence-electron chi connectivity index (χ3n) is 4.11. The monoisotopic (exact) mass is 332 g/mol. The number of alkyl halides is 3. The van der Waals surface area contributed by atoms with Crippen LogP contribution in [0.25, 0.3) is 5.57 Å². The number of fused-ring (bicyclic) bond motifs is 1. The van der Waals surface area contributed by atoms with Gasteiger partial charge in [-0.05, 0) is 59.4 Å². The van der Waals surface area contributed by atoms with Gasteiger partial charge in [0.05, 0.1) is 18.2 Å². The largest absolute Gasteiger partial charge is 0.465 e. The normalized spacial score (nSPS) is 13.9. The number of allylic oxidation sites excluding steroid dienone is 1. The fourth-order valence-electron chi connectivity index (χ4n) is 2.88. The fraction of sp³-hybridized carbons (Fsp3) is 0.211. The molecule has 2 aromatic carbocycles. The van der Waals surface area contributed by atoms with E-state index in [1.807, 2.05) is 12.1 Å². The molecule has 0 aliphatic heterocycles. The van der Waals surface area contributed by atoms with Crippen molar-refractivity contribution in [2.24, 2.45) is 0 Å². The van der Waals surface area contributed by atoms with Gasteiger partial charge in [0.1, 0.15) is 0 Å². The molecule has 124 valence electrons. The highest BCUT2D eigenvalue weighted by molar-refractivity contribution is 5.92. The summed E-state index contributed by atoms with van der Waals surface area (Å²) in [5.41, 5.74) is 3.23.